The van der Waals surface area contributed by atoms with E-state index in [4.69, 9.17) is 20.4 Å². The first-order valence-electron chi connectivity index (χ1n) is 9.94. The zero-order valence-corrected chi connectivity index (χ0v) is 17.8. The van der Waals surface area contributed by atoms with Crippen LogP contribution in [0.5, 0.6) is 0 Å². The number of anilines is 1. The van der Waals surface area contributed by atoms with E-state index in [2.05, 4.69) is 17.2 Å². The molecule has 1 saturated heterocycles. The van der Waals surface area contributed by atoms with Gasteiger partial charge in [0.25, 0.3) is 5.91 Å². The number of nitrogens with two attached hydrogens (primary N) is 1. The largest absolute Gasteiger partial charge is 0.379 e. The van der Waals surface area contributed by atoms with E-state index in [-0.39, 0.29) is 12.0 Å². The predicted molar refractivity (Wildman–Crippen MR) is 114 cm³/mol. The molecule has 0 radical (unpaired) electrons. The first-order valence-corrected chi connectivity index (χ1v) is 11.8. The summed E-state index contributed by atoms with van der Waals surface area (Å²) in [6, 6.07) is 0.479. The summed E-state index contributed by atoms with van der Waals surface area (Å²) < 4.78 is 7.98. The number of nitrogens with zero attached hydrogens (tertiary/aromatic N) is 4. The minimum atomic E-state index is -0.554. The summed E-state index contributed by atoms with van der Waals surface area (Å²) >= 11 is 3.09. The van der Waals surface area contributed by atoms with Gasteiger partial charge in [-0.2, -0.15) is 0 Å². The van der Waals surface area contributed by atoms with E-state index in [1.54, 1.807) is 18.1 Å². The predicted octanol–water partition coefficient (Wildman–Crippen LogP) is 3.00. The molecule has 8 nitrogen and oxygen atoms in total. The van der Waals surface area contributed by atoms with Crippen molar-refractivity contribution in [2.45, 2.75) is 50.3 Å². The lowest BCUT2D eigenvalue weighted by atomic mass is 9.80. The van der Waals surface area contributed by atoms with Gasteiger partial charge in [0.2, 0.25) is 0 Å². The zero-order valence-electron chi connectivity index (χ0n) is 16.2. The summed E-state index contributed by atoms with van der Waals surface area (Å²) in [5, 5.41) is 6.14. The Bertz CT molecular complexity index is 952. The Balaban J connectivity index is 1.35. The highest BCUT2D eigenvalue weighted by molar-refractivity contribution is 8.13. The van der Waals surface area contributed by atoms with Crippen LogP contribution in [-0.4, -0.2) is 44.1 Å². The van der Waals surface area contributed by atoms with Crippen molar-refractivity contribution in [2.75, 3.05) is 17.7 Å². The molecule has 0 spiro atoms. The number of ether oxygens (including phenoxy) is 1. The fraction of sp³-hybridized carbons (Fsp3) is 0.579. The molecule has 10 heteroatoms. The monoisotopic (exact) mass is 432 g/mol. The van der Waals surface area contributed by atoms with Gasteiger partial charge in [0.05, 0.1) is 19.0 Å². The van der Waals surface area contributed by atoms with Crippen LogP contribution >= 0.6 is 23.1 Å². The van der Waals surface area contributed by atoms with Gasteiger partial charge in [0.1, 0.15) is 22.1 Å². The highest BCUT2D eigenvalue weighted by Gasteiger charge is 2.49. The number of aromatic nitrogens is 3. The van der Waals surface area contributed by atoms with E-state index in [0.717, 1.165) is 30.0 Å². The molecule has 3 N–H and O–H groups in total. The normalized spacial score (nSPS) is 29.6. The van der Waals surface area contributed by atoms with Crippen molar-refractivity contribution in [3.05, 3.63) is 28.6 Å². The lowest BCUT2D eigenvalue weighted by Gasteiger charge is -2.44. The van der Waals surface area contributed by atoms with Gasteiger partial charge in [0.15, 0.2) is 5.17 Å². The number of amidine groups is 1. The maximum Gasteiger partial charge on any atom is 0.277 e. The molecule has 154 valence electrons. The first-order chi connectivity index (χ1) is 14.0. The molecule has 1 amide bonds. The Hall–Kier alpha value is -1.91. The average molecular weight is 433 g/mol. The summed E-state index contributed by atoms with van der Waals surface area (Å²) in [6.07, 6.45) is 8.23. The Morgan fingerprint density at radius 1 is 1.45 bits per heavy atom. The summed E-state index contributed by atoms with van der Waals surface area (Å²) in [4.78, 5) is 26.4. The van der Waals surface area contributed by atoms with Crippen LogP contribution in [0.25, 0.3) is 0 Å². The smallest absolute Gasteiger partial charge is 0.277 e. The van der Waals surface area contributed by atoms with Crippen molar-refractivity contribution >= 4 is 40.0 Å². The number of thioether (sulfide) groups is 1. The third kappa shape index (κ3) is 3.47. The quantitative estimate of drug-likeness (QED) is 0.769. The number of imidazole rings is 1. The number of thiazole rings is 1. The third-order valence-electron chi connectivity index (χ3n) is 6.07. The molecule has 4 heterocycles. The van der Waals surface area contributed by atoms with Crippen molar-refractivity contribution in [3.63, 3.8) is 0 Å². The number of hydrogen-bond donors (Lipinski definition) is 2. The van der Waals surface area contributed by atoms with E-state index < -0.39 is 5.54 Å². The molecule has 2 aromatic heterocycles. The molecular weight excluding hydrogens is 408 g/mol. The van der Waals surface area contributed by atoms with Gasteiger partial charge >= 0.3 is 0 Å². The van der Waals surface area contributed by atoms with Crippen LogP contribution in [0.4, 0.5) is 5.82 Å². The number of fused-ring (bicyclic) bond motifs is 1. The van der Waals surface area contributed by atoms with Crippen LogP contribution in [0.15, 0.2) is 22.9 Å². The molecule has 2 aliphatic heterocycles. The SMILES string of the molecule is CC1CC2CSC(N)=NC2(c2nc(NC(=O)c3cn(C4CCC4)cn3)cs2)CO1. The second kappa shape index (κ2) is 7.41. The maximum atomic E-state index is 12.6. The molecule has 0 bridgehead atoms. The van der Waals surface area contributed by atoms with Crippen LogP contribution in [0.1, 0.15) is 54.1 Å². The van der Waals surface area contributed by atoms with Gasteiger partial charge in [-0.3, -0.25) is 4.79 Å². The number of nitrogens with one attached hydrogen (secondary N) is 1. The molecule has 2 fully saturated rings. The molecule has 3 unspecified atom stereocenters. The minimum Gasteiger partial charge on any atom is -0.379 e. The standard InChI is InChI=1S/C19H24N6O2S2/c1-11-5-12-7-29-18(20)24-19(12,9-27-11)17-23-15(8-28-17)22-16(26)14-6-25(10-21-14)13-3-2-4-13/h6,8,10-13H,2-5,7,9H2,1H3,(H2,20,24)(H,22,26). The number of carbonyl (C=O) groups is 1. The van der Waals surface area contributed by atoms with E-state index in [1.807, 2.05) is 16.1 Å². The summed E-state index contributed by atoms with van der Waals surface area (Å²) in [6.45, 7) is 2.55. The number of aliphatic imine (C=N–C) groups is 1. The molecule has 5 rings (SSSR count). The van der Waals surface area contributed by atoms with E-state index in [0.29, 0.717) is 35.2 Å². The molecule has 0 aromatic carbocycles. The number of amides is 1. The van der Waals surface area contributed by atoms with Gasteiger partial charge in [-0.05, 0) is 32.6 Å². The van der Waals surface area contributed by atoms with Crippen LogP contribution in [0.2, 0.25) is 0 Å². The molecule has 2 aromatic rings. The first kappa shape index (κ1) is 19.1. The van der Waals surface area contributed by atoms with Gasteiger partial charge in [-0.25, -0.2) is 15.0 Å². The lowest BCUT2D eigenvalue weighted by Crippen LogP contribution is -2.49. The van der Waals surface area contributed by atoms with Gasteiger partial charge in [-0.1, -0.05) is 11.8 Å². The van der Waals surface area contributed by atoms with Crippen LogP contribution in [0, 0.1) is 5.92 Å². The molecule has 1 saturated carbocycles. The highest BCUT2D eigenvalue weighted by atomic mass is 32.2. The second-order valence-electron chi connectivity index (χ2n) is 8.02. The van der Waals surface area contributed by atoms with E-state index in [1.165, 1.54) is 17.8 Å². The van der Waals surface area contributed by atoms with Crippen molar-refractivity contribution in [1.82, 2.24) is 14.5 Å². The molecule has 3 atom stereocenters. The summed E-state index contributed by atoms with van der Waals surface area (Å²) in [5.74, 6) is 1.50. The minimum absolute atomic E-state index is 0.202. The number of carbonyl (C=O) groups excluding carboxylic acids is 1. The van der Waals surface area contributed by atoms with E-state index >= 15 is 0 Å². The fourth-order valence-corrected chi connectivity index (χ4v) is 6.10. The van der Waals surface area contributed by atoms with Crippen molar-refractivity contribution in [1.29, 1.82) is 0 Å². The average Bonchev–Trinajstić information content (AvgIpc) is 3.31. The third-order valence-corrected chi connectivity index (χ3v) is 8.03. The summed E-state index contributed by atoms with van der Waals surface area (Å²) in [5.41, 5.74) is 5.92. The highest BCUT2D eigenvalue weighted by Crippen LogP contribution is 2.47. The number of hydrogen-bond acceptors (Lipinski definition) is 8. The van der Waals surface area contributed by atoms with Gasteiger partial charge in [0, 0.05) is 29.3 Å². The van der Waals surface area contributed by atoms with Crippen molar-refractivity contribution < 1.29 is 9.53 Å². The van der Waals surface area contributed by atoms with Crippen LogP contribution < -0.4 is 11.1 Å². The van der Waals surface area contributed by atoms with Crippen LogP contribution in [0.3, 0.4) is 0 Å². The Morgan fingerprint density at radius 2 is 2.31 bits per heavy atom. The molecule has 3 aliphatic rings. The second-order valence-corrected chi connectivity index (χ2v) is 9.92. The van der Waals surface area contributed by atoms with Crippen molar-refractivity contribution in [2.24, 2.45) is 16.6 Å². The topological polar surface area (TPSA) is 107 Å². The van der Waals surface area contributed by atoms with Gasteiger partial charge in [-0.15, -0.1) is 11.3 Å². The van der Waals surface area contributed by atoms with Gasteiger partial charge < -0.3 is 20.4 Å². The van der Waals surface area contributed by atoms with Crippen LogP contribution in [-0.2, 0) is 10.3 Å². The zero-order chi connectivity index (χ0) is 20.0. The van der Waals surface area contributed by atoms with E-state index in [9.17, 15) is 4.79 Å². The lowest BCUT2D eigenvalue weighted by molar-refractivity contribution is -0.0466. The molecule has 29 heavy (non-hydrogen) atoms. The molecule has 1 aliphatic carbocycles. The molecular formula is C19H24N6O2S2. The Kier molecular flexibility index (Phi) is 4.87. The summed E-state index contributed by atoms with van der Waals surface area (Å²) in [7, 11) is 0. The Labute approximate surface area is 177 Å². The van der Waals surface area contributed by atoms with Crippen molar-refractivity contribution in [3.8, 4) is 0 Å². The number of rotatable bonds is 4. The Morgan fingerprint density at radius 3 is 3.10 bits per heavy atom. The fourth-order valence-electron chi connectivity index (χ4n) is 4.13. The maximum absolute atomic E-state index is 12.6.